The van der Waals surface area contributed by atoms with Gasteiger partial charge in [-0.15, -0.1) is 0 Å². The van der Waals surface area contributed by atoms with Crippen molar-refractivity contribution in [3.63, 3.8) is 0 Å². The predicted molar refractivity (Wildman–Crippen MR) is 49.8 cm³/mol. The maximum atomic E-state index is 8.29. The van der Waals surface area contributed by atoms with Crippen molar-refractivity contribution in [2.45, 2.75) is 32.6 Å². The van der Waals surface area contributed by atoms with Crippen LogP contribution in [0.3, 0.4) is 0 Å². The first-order chi connectivity index (χ1) is 5.91. The van der Waals surface area contributed by atoms with Crippen LogP contribution in [0.25, 0.3) is 0 Å². The van der Waals surface area contributed by atoms with Crippen LogP contribution in [-0.4, -0.2) is 21.7 Å². The first-order valence-electron chi connectivity index (χ1n) is 4.45. The molecule has 0 aromatic carbocycles. The van der Waals surface area contributed by atoms with Gasteiger partial charge < -0.3 is 10.1 Å². The van der Waals surface area contributed by atoms with Gasteiger partial charge in [0.05, 0.1) is 6.33 Å². The van der Waals surface area contributed by atoms with E-state index in [1.165, 1.54) is 19.3 Å². The van der Waals surface area contributed by atoms with Gasteiger partial charge in [0.15, 0.2) is 0 Å². The number of nitrogens with one attached hydrogen (secondary N) is 1. The lowest BCUT2D eigenvalue weighted by Crippen LogP contribution is -1.80. The molecule has 1 heterocycles. The normalized spacial score (nSPS) is 8.83. The van der Waals surface area contributed by atoms with E-state index in [4.69, 9.17) is 5.11 Å². The molecule has 1 aromatic rings. The van der Waals surface area contributed by atoms with Crippen molar-refractivity contribution < 1.29 is 5.11 Å². The van der Waals surface area contributed by atoms with E-state index in [-0.39, 0.29) is 0 Å². The molecule has 3 heteroatoms. The van der Waals surface area contributed by atoms with E-state index in [1.54, 1.807) is 18.7 Å². The Kier molecular flexibility index (Phi) is 9.47. The summed E-state index contributed by atoms with van der Waals surface area (Å²) in [6.07, 6.45) is 9.77. The molecule has 1 rings (SSSR count). The Bertz CT molecular complexity index is 119. The van der Waals surface area contributed by atoms with Crippen LogP contribution in [-0.2, 0) is 0 Å². The van der Waals surface area contributed by atoms with Gasteiger partial charge in [-0.2, -0.15) is 0 Å². The van der Waals surface area contributed by atoms with Gasteiger partial charge >= 0.3 is 0 Å². The van der Waals surface area contributed by atoms with Crippen LogP contribution in [0, 0.1) is 0 Å². The van der Waals surface area contributed by atoms with Crippen LogP contribution in [0.15, 0.2) is 18.7 Å². The van der Waals surface area contributed by atoms with Crippen LogP contribution >= 0.6 is 0 Å². The average Bonchev–Trinajstić information content (AvgIpc) is 2.62. The number of unbranched alkanes of at least 4 members (excludes halogenated alkanes) is 3. The Morgan fingerprint density at radius 2 is 2.17 bits per heavy atom. The molecule has 0 saturated heterocycles. The maximum Gasteiger partial charge on any atom is 0.0919 e. The largest absolute Gasteiger partial charge is 0.396 e. The molecule has 0 aliphatic carbocycles. The number of aliphatic hydroxyl groups excluding tert-OH is 1. The molecule has 0 bridgehead atoms. The van der Waals surface area contributed by atoms with Gasteiger partial charge in [-0.05, 0) is 6.42 Å². The molecule has 2 N–H and O–H groups in total. The highest BCUT2D eigenvalue weighted by atomic mass is 16.2. The zero-order valence-electron chi connectivity index (χ0n) is 7.66. The van der Waals surface area contributed by atoms with Gasteiger partial charge in [-0.25, -0.2) is 4.98 Å². The van der Waals surface area contributed by atoms with Crippen LogP contribution < -0.4 is 0 Å². The second-order valence-electron chi connectivity index (χ2n) is 2.54. The van der Waals surface area contributed by atoms with Gasteiger partial charge in [-0.3, -0.25) is 0 Å². The van der Waals surface area contributed by atoms with Crippen LogP contribution in [0.5, 0.6) is 0 Å². The summed E-state index contributed by atoms with van der Waals surface area (Å²) in [7, 11) is 0. The molecule has 3 nitrogen and oxygen atoms in total. The smallest absolute Gasteiger partial charge is 0.0919 e. The predicted octanol–water partition coefficient (Wildman–Crippen LogP) is 1.97. The molecule has 1 aromatic heterocycles. The average molecular weight is 170 g/mol. The Morgan fingerprint density at radius 1 is 1.33 bits per heavy atom. The van der Waals surface area contributed by atoms with Crippen molar-refractivity contribution in [2.24, 2.45) is 0 Å². The quantitative estimate of drug-likeness (QED) is 0.679. The topological polar surface area (TPSA) is 48.9 Å². The van der Waals surface area contributed by atoms with Crippen LogP contribution in [0.1, 0.15) is 32.6 Å². The molecule has 0 fully saturated rings. The summed E-state index contributed by atoms with van der Waals surface area (Å²) < 4.78 is 0. The van der Waals surface area contributed by atoms with E-state index in [0.717, 1.165) is 6.42 Å². The lowest BCUT2D eigenvalue weighted by molar-refractivity contribution is 0.283. The SMILES string of the molecule is CCCCCCO.c1c[nH]cn1. The number of H-pyrrole nitrogens is 1. The second-order valence-corrected chi connectivity index (χ2v) is 2.54. The minimum atomic E-state index is 0.361. The summed E-state index contributed by atoms with van der Waals surface area (Å²) in [4.78, 5) is 6.42. The van der Waals surface area contributed by atoms with Crippen LogP contribution in [0.4, 0.5) is 0 Å². The Balaban J connectivity index is 0.000000211. The zero-order chi connectivity index (χ0) is 9.07. The van der Waals surface area contributed by atoms with Crippen molar-refractivity contribution in [3.05, 3.63) is 18.7 Å². The number of aliphatic hydroxyl groups is 1. The third-order valence-corrected chi connectivity index (χ3v) is 1.42. The van der Waals surface area contributed by atoms with Gasteiger partial charge in [0.1, 0.15) is 0 Å². The Hall–Kier alpha value is -0.830. The zero-order valence-corrected chi connectivity index (χ0v) is 7.66. The fourth-order valence-corrected chi connectivity index (χ4v) is 0.754. The molecule has 12 heavy (non-hydrogen) atoms. The Morgan fingerprint density at radius 3 is 2.50 bits per heavy atom. The molecule has 0 atom stereocenters. The molecule has 0 amide bonds. The summed E-state index contributed by atoms with van der Waals surface area (Å²) in [5.41, 5.74) is 0. The molecule has 0 aliphatic heterocycles. The van der Waals surface area contributed by atoms with Gasteiger partial charge in [0.2, 0.25) is 0 Å². The third-order valence-electron chi connectivity index (χ3n) is 1.42. The molecule has 0 aliphatic rings. The molecular weight excluding hydrogens is 152 g/mol. The monoisotopic (exact) mass is 170 g/mol. The van der Waals surface area contributed by atoms with E-state index in [2.05, 4.69) is 16.9 Å². The van der Waals surface area contributed by atoms with E-state index in [9.17, 15) is 0 Å². The van der Waals surface area contributed by atoms with Crippen molar-refractivity contribution in [3.8, 4) is 0 Å². The molecule has 0 spiro atoms. The lowest BCUT2D eigenvalue weighted by Gasteiger charge is -1.90. The van der Waals surface area contributed by atoms with Crippen molar-refractivity contribution in [1.29, 1.82) is 0 Å². The summed E-state index contributed by atoms with van der Waals surface area (Å²) in [6, 6.07) is 0. The number of aromatic nitrogens is 2. The standard InChI is InChI=1S/C6H14O.C3H4N2/c1-2-3-4-5-6-7;1-2-5-3-4-1/h7H,2-6H2,1H3;1-3H,(H,4,5). The lowest BCUT2D eigenvalue weighted by atomic mass is 10.2. The fraction of sp³-hybridized carbons (Fsp3) is 0.667. The van der Waals surface area contributed by atoms with Crippen molar-refractivity contribution in [2.75, 3.05) is 6.61 Å². The molecular formula is C9H18N2O. The van der Waals surface area contributed by atoms with E-state index in [1.807, 2.05) is 0 Å². The van der Waals surface area contributed by atoms with Gasteiger partial charge in [-0.1, -0.05) is 26.2 Å². The second kappa shape index (κ2) is 10.2. The first kappa shape index (κ1) is 11.2. The molecule has 0 radical (unpaired) electrons. The van der Waals surface area contributed by atoms with Crippen molar-refractivity contribution in [1.82, 2.24) is 9.97 Å². The summed E-state index contributed by atoms with van der Waals surface area (Å²) >= 11 is 0. The minimum absolute atomic E-state index is 0.361. The van der Waals surface area contributed by atoms with E-state index in [0.29, 0.717) is 6.61 Å². The minimum Gasteiger partial charge on any atom is -0.396 e. The van der Waals surface area contributed by atoms with Gasteiger partial charge in [0.25, 0.3) is 0 Å². The number of hydrogen-bond acceptors (Lipinski definition) is 2. The van der Waals surface area contributed by atoms with Crippen molar-refractivity contribution >= 4 is 0 Å². The summed E-state index contributed by atoms with van der Waals surface area (Å²) in [5.74, 6) is 0. The number of imidazole rings is 1. The first-order valence-corrected chi connectivity index (χ1v) is 4.45. The van der Waals surface area contributed by atoms with E-state index >= 15 is 0 Å². The highest BCUT2D eigenvalue weighted by Gasteiger charge is 1.80. The third kappa shape index (κ3) is 9.17. The van der Waals surface area contributed by atoms with E-state index < -0.39 is 0 Å². The summed E-state index contributed by atoms with van der Waals surface area (Å²) in [6.45, 7) is 2.53. The number of rotatable bonds is 4. The summed E-state index contributed by atoms with van der Waals surface area (Å²) in [5, 5.41) is 8.29. The van der Waals surface area contributed by atoms with Gasteiger partial charge in [0, 0.05) is 19.0 Å². The molecule has 0 saturated carbocycles. The number of hydrogen-bond donors (Lipinski definition) is 2. The molecule has 70 valence electrons. The highest BCUT2D eigenvalue weighted by Crippen LogP contribution is 1.95. The maximum absolute atomic E-state index is 8.29. The number of aromatic amines is 1. The van der Waals surface area contributed by atoms with Crippen LogP contribution in [0.2, 0.25) is 0 Å². The molecule has 0 unspecified atom stereocenters. The Labute approximate surface area is 73.8 Å². The highest BCUT2D eigenvalue weighted by molar-refractivity contribution is 4.64. The fourth-order valence-electron chi connectivity index (χ4n) is 0.754. The number of nitrogens with zero attached hydrogens (tertiary/aromatic N) is 1.